The molecule has 0 atom stereocenters. The van der Waals surface area contributed by atoms with E-state index in [0.29, 0.717) is 11.4 Å². The van der Waals surface area contributed by atoms with E-state index < -0.39 is 5.97 Å². The third-order valence-corrected chi connectivity index (χ3v) is 2.74. The molecule has 20 heavy (non-hydrogen) atoms. The predicted molar refractivity (Wildman–Crippen MR) is 76.9 cm³/mol. The maximum Gasteiger partial charge on any atom is 0.328 e. The highest BCUT2D eigenvalue weighted by Gasteiger charge is 2.02. The van der Waals surface area contributed by atoms with Gasteiger partial charge < -0.3 is 9.84 Å². The van der Waals surface area contributed by atoms with Crippen LogP contribution in [0.1, 0.15) is 16.7 Å². The van der Waals surface area contributed by atoms with Crippen molar-refractivity contribution in [3.8, 4) is 11.6 Å². The topological polar surface area (TPSA) is 59.4 Å². The first-order chi connectivity index (χ1) is 9.54. The number of hydrogen-bond donors (Lipinski definition) is 1. The van der Waals surface area contributed by atoms with Crippen LogP contribution in [-0.4, -0.2) is 16.1 Å². The Balaban J connectivity index is 2.14. The molecule has 1 N–H and O–H groups in total. The van der Waals surface area contributed by atoms with E-state index >= 15 is 0 Å². The quantitative estimate of drug-likeness (QED) is 0.862. The summed E-state index contributed by atoms with van der Waals surface area (Å²) in [5.41, 5.74) is 2.86. The summed E-state index contributed by atoms with van der Waals surface area (Å²) in [4.78, 5) is 14.6. The smallest absolute Gasteiger partial charge is 0.328 e. The summed E-state index contributed by atoms with van der Waals surface area (Å²) >= 11 is 0. The molecule has 0 spiro atoms. The van der Waals surface area contributed by atoms with E-state index in [0.717, 1.165) is 23.0 Å². The Bertz CT molecular complexity index is 645. The van der Waals surface area contributed by atoms with Gasteiger partial charge in [-0.3, -0.25) is 0 Å². The number of nitrogens with zero attached hydrogens (tertiary/aromatic N) is 1. The maximum absolute atomic E-state index is 10.4. The molecule has 0 amide bonds. The van der Waals surface area contributed by atoms with Crippen LogP contribution in [0.4, 0.5) is 0 Å². The molecule has 4 nitrogen and oxygen atoms in total. The molecule has 1 aromatic heterocycles. The Morgan fingerprint density at radius 1 is 1.25 bits per heavy atom. The van der Waals surface area contributed by atoms with E-state index in [1.165, 1.54) is 6.08 Å². The second kappa shape index (κ2) is 6.02. The molecule has 0 bridgehead atoms. The second-order valence-corrected chi connectivity index (χ2v) is 4.47. The number of carboxylic acids is 1. The average Bonchev–Trinajstić information content (AvgIpc) is 2.42. The zero-order valence-corrected chi connectivity index (χ0v) is 11.3. The average molecular weight is 269 g/mol. The molecule has 1 aromatic carbocycles. The molecular formula is C16H15NO3. The van der Waals surface area contributed by atoms with Crippen LogP contribution >= 0.6 is 0 Å². The molecule has 1 heterocycles. The molecule has 0 radical (unpaired) electrons. The fraction of sp³-hybridized carbons (Fsp3) is 0.125. The Morgan fingerprint density at radius 2 is 2.05 bits per heavy atom. The Hall–Kier alpha value is -2.62. The maximum atomic E-state index is 10.4. The van der Waals surface area contributed by atoms with E-state index in [2.05, 4.69) is 4.98 Å². The van der Waals surface area contributed by atoms with Crippen molar-refractivity contribution in [1.29, 1.82) is 0 Å². The van der Waals surface area contributed by atoms with Crippen molar-refractivity contribution in [3.63, 3.8) is 0 Å². The first-order valence-corrected chi connectivity index (χ1v) is 6.17. The second-order valence-electron chi connectivity index (χ2n) is 4.47. The standard InChI is InChI=1S/C16H15NO3/c1-11-3-4-12(2)14(9-11)20-15-7-5-13(10-17-15)6-8-16(18)19/h3-10H,1-2H3,(H,18,19)/b8-6+. The third kappa shape index (κ3) is 3.68. The van der Waals surface area contributed by atoms with Crippen LogP contribution in [0, 0.1) is 13.8 Å². The minimum absolute atomic E-state index is 0.478. The number of benzene rings is 1. The summed E-state index contributed by atoms with van der Waals surface area (Å²) in [6.45, 7) is 3.97. The summed E-state index contributed by atoms with van der Waals surface area (Å²) in [6, 6.07) is 9.44. The minimum Gasteiger partial charge on any atom is -0.478 e. The predicted octanol–water partition coefficient (Wildman–Crippen LogP) is 3.59. The SMILES string of the molecule is Cc1ccc(C)c(Oc2ccc(/C=C/C(=O)O)cn2)c1. The molecule has 0 unspecified atom stereocenters. The van der Waals surface area contributed by atoms with Crippen LogP contribution in [0.5, 0.6) is 11.6 Å². The van der Waals surface area contributed by atoms with Gasteiger partial charge in [-0.15, -0.1) is 0 Å². The molecule has 0 aliphatic rings. The molecule has 2 rings (SSSR count). The lowest BCUT2D eigenvalue weighted by atomic mass is 10.1. The van der Waals surface area contributed by atoms with Gasteiger partial charge in [-0.25, -0.2) is 9.78 Å². The van der Waals surface area contributed by atoms with Crippen LogP contribution in [0.25, 0.3) is 6.08 Å². The fourth-order valence-corrected chi connectivity index (χ4v) is 1.65. The van der Waals surface area contributed by atoms with Gasteiger partial charge in [0.15, 0.2) is 0 Å². The van der Waals surface area contributed by atoms with Crippen LogP contribution in [-0.2, 0) is 4.79 Å². The molecular weight excluding hydrogens is 254 g/mol. The number of aryl methyl sites for hydroxylation is 2. The minimum atomic E-state index is -0.985. The highest BCUT2D eigenvalue weighted by Crippen LogP contribution is 2.24. The largest absolute Gasteiger partial charge is 0.478 e. The van der Waals surface area contributed by atoms with Gasteiger partial charge in [-0.05, 0) is 48.7 Å². The number of ether oxygens (including phenoxy) is 1. The summed E-state index contributed by atoms with van der Waals surface area (Å²) in [6.07, 6.45) is 4.12. The molecule has 0 saturated carbocycles. The van der Waals surface area contributed by atoms with Crippen molar-refractivity contribution in [2.45, 2.75) is 13.8 Å². The van der Waals surface area contributed by atoms with Crippen LogP contribution < -0.4 is 4.74 Å². The van der Waals surface area contributed by atoms with Gasteiger partial charge in [0.05, 0.1) is 0 Å². The Labute approximate surface area is 117 Å². The lowest BCUT2D eigenvalue weighted by Gasteiger charge is -2.08. The van der Waals surface area contributed by atoms with Gasteiger partial charge in [-0.1, -0.05) is 12.1 Å². The number of pyridine rings is 1. The van der Waals surface area contributed by atoms with E-state index in [4.69, 9.17) is 9.84 Å². The van der Waals surface area contributed by atoms with Crippen LogP contribution in [0.2, 0.25) is 0 Å². The first-order valence-electron chi connectivity index (χ1n) is 6.17. The summed E-state index contributed by atoms with van der Waals surface area (Å²) in [5.74, 6) is 0.262. The van der Waals surface area contributed by atoms with E-state index in [1.807, 2.05) is 32.0 Å². The summed E-state index contributed by atoms with van der Waals surface area (Å²) in [5, 5.41) is 8.55. The number of hydrogen-bond acceptors (Lipinski definition) is 3. The van der Waals surface area contributed by atoms with Crippen molar-refractivity contribution >= 4 is 12.0 Å². The zero-order valence-electron chi connectivity index (χ0n) is 11.3. The lowest BCUT2D eigenvalue weighted by Crippen LogP contribution is -1.91. The highest BCUT2D eigenvalue weighted by molar-refractivity contribution is 5.85. The number of carbonyl (C=O) groups is 1. The van der Waals surface area contributed by atoms with Gasteiger partial charge in [0.25, 0.3) is 0 Å². The van der Waals surface area contributed by atoms with Gasteiger partial charge in [0, 0.05) is 18.3 Å². The van der Waals surface area contributed by atoms with Gasteiger partial charge in [0.1, 0.15) is 5.75 Å². The number of rotatable bonds is 4. The highest BCUT2D eigenvalue weighted by atomic mass is 16.5. The molecule has 102 valence electrons. The molecule has 0 aliphatic carbocycles. The monoisotopic (exact) mass is 269 g/mol. The van der Waals surface area contributed by atoms with E-state index in [1.54, 1.807) is 18.3 Å². The van der Waals surface area contributed by atoms with Crippen molar-refractivity contribution in [1.82, 2.24) is 4.98 Å². The molecule has 0 aliphatic heterocycles. The molecule has 2 aromatic rings. The van der Waals surface area contributed by atoms with Crippen molar-refractivity contribution < 1.29 is 14.6 Å². The Kier molecular flexibility index (Phi) is 4.15. The summed E-state index contributed by atoms with van der Waals surface area (Å²) < 4.78 is 5.72. The van der Waals surface area contributed by atoms with Gasteiger partial charge >= 0.3 is 5.97 Å². The fourth-order valence-electron chi connectivity index (χ4n) is 1.65. The molecule has 0 fully saturated rings. The Morgan fingerprint density at radius 3 is 2.70 bits per heavy atom. The van der Waals surface area contributed by atoms with E-state index in [-0.39, 0.29) is 0 Å². The molecule has 4 heteroatoms. The number of aromatic nitrogens is 1. The zero-order chi connectivity index (χ0) is 14.5. The third-order valence-electron chi connectivity index (χ3n) is 2.74. The number of aliphatic carboxylic acids is 1. The van der Waals surface area contributed by atoms with Crippen LogP contribution in [0.15, 0.2) is 42.6 Å². The van der Waals surface area contributed by atoms with Gasteiger partial charge in [-0.2, -0.15) is 0 Å². The van der Waals surface area contributed by atoms with Crippen LogP contribution in [0.3, 0.4) is 0 Å². The lowest BCUT2D eigenvalue weighted by molar-refractivity contribution is -0.131. The first kappa shape index (κ1) is 13.8. The van der Waals surface area contributed by atoms with Crippen molar-refractivity contribution in [3.05, 3.63) is 59.3 Å². The summed E-state index contributed by atoms with van der Waals surface area (Å²) in [7, 11) is 0. The van der Waals surface area contributed by atoms with Gasteiger partial charge in [0.2, 0.25) is 5.88 Å². The van der Waals surface area contributed by atoms with Crippen molar-refractivity contribution in [2.75, 3.05) is 0 Å². The number of carboxylic acid groups (broad SMARTS) is 1. The molecule has 0 saturated heterocycles. The van der Waals surface area contributed by atoms with Crippen molar-refractivity contribution in [2.24, 2.45) is 0 Å². The normalized spacial score (nSPS) is 10.7. The van der Waals surface area contributed by atoms with E-state index in [9.17, 15) is 4.79 Å².